The topological polar surface area (TPSA) is 68.8 Å². The SMILES string of the molecule is CC.CC.CNCCOCCOCCOC(C)C(F)CNC(C)=O. The van der Waals surface area contributed by atoms with E-state index in [0.717, 1.165) is 6.54 Å². The van der Waals surface area contributed by atoms with Crippen LogP contribution in [0.5, 0.6) is 0 Å². The Balaban J connectivity index is -0.00000102. The van der Waals surface area contributed by atoms with Crippen LogP contribution in [0.3, 0.4) is 0 Å². The lowest BCUT2D eigenvalue weighted by atomic mass is 10.2. The van der Waals surface area contributed by atoms with Gasteiger partial charge in [-0.25, -0.2) is 4.39 Å². The Labute approximate surface area is 147 Å². The number of alkyl halides is 1. The molecule has 0 saturated heterocycles. The second kappa shape index (κ2) is 24.5. The molecule has 1 amide bonds. The number of rotatable bonds is 13. The standard InChI is InChI=1S/C13H27FN2O4.2C2H6/c1-11(13(14)10-16-12(2)17)20-9-8-19-7-6-18-5-4-15-3;2*1-2/h11,13,15H,4-10H2,1-3H3,(H,16,17);2*1-2H3. The van der Waals surface area contributed by atoms with Crippen LogP contribution in [0, 0.1) is 0 Å². The average molecular weight is 355 g/mol. The van der Waals surface area contributed by atoms with Crippen molar-refractivity contribution in [1.29, 1.82) is 0 Å². The first-order chi connectivity index (χ1) is 11.6. The number of hydrogen-bond donors (Lipinski definition) is 2. The molecule has 0 aliphatic carbocycles. The monoisotopic (exact) mass is 354 g/mol. The third kappa shape index (κ3) is 23.5. The third-order valence-electron chi connectivity index (χ3n) is 2.53. The van der Waals surface area contributed by atoms with E-state index in [1.54, 1.807) is 6.92 Å². The molecule has 24 heavy (non-hydrogen) atoms. The van der Waals surface area contributed by atoms with Gasteiger partial charge in [0.05, 0.1) is 45.7 Å². The second-order valence-corrected chi connectivity index (χ2v) is 4.36. The Morgan fingerprint density at radius 2 is 1.50 bits per heavy atom. The van der Waals surface area contributed by atoms with E-state index in [1.165, 1.54) is 6.92 Å². The molecule has 0 fully saturated rings. The van der Waals surface area contributed by atoms with Crippen molar-refractivity contribution in [2.75, 3.05) is 53.2 Å². The van der Waals surface area contributed by atoms with Gasteiger partial charge in [-0.05, 0) is 14.0 Å². The molecule has 0 saturated carbocycles. The van der Waals surface area contributed by atoms with E-state index in [-0.39, 0.29) is 12.5 Å². The Kier molecular flexibility index (Phi) is 28.6. The van der Waals surface area contributed by atoms with Crippen molar-refractivity contribution in [3.05, 3.63) is 0 Å². The molecular weight excluding hydrogens is 315 g/mol. The van der Waals surface area contributed by atoms with Crippen molar-refractivity contribution in [3.63, 3.8) is 0 Å². The van der Waals surface area contributed by atoms with Crippen LogP contribution in [0.15, 0.2) is 0 Å². The molecule has 0 aromatic heterocycles. The molecule has 2 unspecified atom stereocenters. The predicted octanol–water partition coefficient (Wildman–Crippen LogP) is 2.17. The summed E-state index contributed by atoms with van der Waals surface area (Å²) in [6.45, 7) is 14.2. The summed E-state index contributed by atoms with van der Waals surface area (Å²) in [4.78, 5) is 10.6. The van der Waals surface area contributed by atoms with E-state index in [2.05, 4.69) is 10.6 Å². The van der Waals surface area contributed by atoms with Crippen molar-refractivity contribution in [3.8, 4) is 0 Å². The quantitative estimate of drug-likeness (QED) is 0.496. The van der Waals surface area contributed by atoms with Gasteiger partial charge >= 0.3 is 0 Å². The molecule has 0 radical (unpaired) electrons. The first-order valence-electron chi connectivity index (χ1n) is 8.88. The van der Waals surface area contributed by atoms with Crippen molar-refractivity contribution in [2.24, 2.45) is 0 Å². The van der Waals surface area contributed by atoms with Gasteiger partial charge in [-0.3, -0.25) is 4.79 Å². The average Bonchev–Trinajstić information content (AvgIpc) is 2.61. The molecule has 6 nitrogen and oxygen atoms in total. The van der Waals surface area contributed by atoms with E-state index >= 15 is 0 Å². The van der Waals surface area contributed by atoms with Crippen molar-refractivity contribution >= 4 is 5.91 Å². The van der Waals surface area contributed by atoms with E-state index in [1.807, 2.05) is 34.7 Å². The number of hydrogen-bond acceptors (Lipinski definition) is 5. The maximum absolute atomic E-state index is 13.5. The van der Waals surface area contributed by atoms with E-state index in [9.17, 15) is 9.18 Å². The first kappa shape index (κ1) is 28.1. The van der Waals surface area contributed by atoms with Crippen LogP contribution in [0.2, 0.25) is 0 Å². The van der Waals surface area contributed by atoms with Crippen LogP contribution >= 0.6 is 0 Å². The van der Waals surface area contributed by atoms with Gasteiger partial charge in [0, 0.05) is 13.5 Å². The molecular formula is C17H39FN2O4. The van der Waals surface area contributed by atoms with Gasteiger partial charge in [0.25, 0.3) is 0 Å². The minimum atomic E-state index is -1.22. The van der Waals surface area contributed by atoms with Gasteiger partial charge in [-0.15, -0.1) is 0 Å². The number of amides is 1. The zero-order valence-corrected chi connectivity index (χ0v) is 16.6. The van der Waals surface area contributed by atoms with Gasteiger partial charge < -0.3 is 24.8 Å². The van der Waals surface area contributed by atoms with E-state index < -0.39 is 12.3 Å². The van der Waals surface area contributed by atoms with Crippen LogP contribution in [0.1, 0.15) is 41.5 Å². The van der Waals surface area contributed by atoms with E-state index in [4.69, 9.17) is 14.2 Å². The molecule has 0 bridgehead atoms. The lowest BCUT2D eigenvalue weighted by Gasteiger charge is -2.17. The predicted molar refractivity (Wildman–Crippen MR) is 97.3 cm³/mol. The van der Waals surface area contributed by atoms with Crippen LogP contribution in [0.4, 0.5) is 4.39 Å². The lowest BCUT2D eigenvalue weighted by Crippen LogP contribution is -2.35. The Hall–Kier alpha value is -0.760. The highest BCUT2D eigenvalue weighted by Gasteiger charge is 2.16. The van der Waals surface area contributed by atoms with Gasteiger partial charge in [-0.2, -0.15) is 0 Å². The minimum Gasteiger partial charge on any atom is -0.378 e. The third-order valence-corrected chi connectivity index (χ3v) is 2.53. The summed E-state index contributed by atoms with van der Waals surface area (Å²) in [5.41, 5.74) is 0. The largest absolute Gasteiger partial charge is 0.378 e. The zero-order valence-electron chi connectivity index (χ0n) is 16.6. The molecule has 7 heteroatoms. The highest BCUT2D eigenvalue weighted by molar-refractivity contribution is 5.72. The fourth-order valence-corrected chi connectivity index (χ4v) is 1.30. The summed E-state index contributed by atoms with van der Waals surface area (Å²) >= 11 is 0. The Morgan fingerprint density at radius 3 is 2.00 bits per heavy atom. The molecule has 0 rings (SSSR count). The summed E-state index contributed by atoms with van der Waals surface area (Å²) in [5, 5.41) is 5.39. The van der Waals surface area contributed by atoms with Crippen LogP contribution in [0.25, 0.3) is 0 Å². The fraction of sp³-hybridized carbons (Fsp3) is 0.941. The Bertz CT molecular complexity index is 247. The molecule has 2 atom stereocenters. The summed E-state index contributed by atoms with van der Waals surface area (Å²) < 4.78 is 29.3. The summed E-state index contributed by atoms with van der Waals surface area (Å²) in [7, 11) is 1.86. The van der Waals surface area contributed by atoms with Gasteiger partial charge in [0.2, 0.25) is 5.91 Å². The number of halogens is 1. The van der Waals surface area contributed by atoms with Crippen LogP contribution < -0.4 is 10.6 Å². The first-order valence-corrected chi connectivity index (χ1v) is 8.88. The molecule has 0 heterocycles. The van der Waals surface area contributed by atoms with Gasteiger partial charge in [0.1, 0.15) is 6.17 Å². The maximum Gasteiger partial charge on any atom is 0.216 e. The molecule has 0 aliphatic rings. The zero-order chi connectivity index (χ0) is 19.2. The molecule has 2 N–H and O–H groups in total. The molecule has 148 valence electrons. The number of carbonyl (C=O) groups excluding carboxylic acids is 1. The highest BCUT2D eigenvalue weighted by Crippen LogP contribution is 2.02. The fourth-order valence-electron chi connectivity index (χ4n) is 1.30. The second-order valence-electron chi connectivity index (χ2n) is 4.36. The van der Waals surface area contributed by atoms with Crippen molar-refractivity contribution in [1.82, 2.24) is 10.6 Å². The molecule has 0 spiro atoms. The van der Waals surface area contributed by atoms with Crippen molar-refractivity contribution in [2.45, 2.75) is 53.8 Å². The normalized spacial score (nSPS) is 12.2. The summed E-state index contributed by atoms with van der Waals surface area (Å²) in [5.74, 6) is -0.249. The minimum absolute atomic E-state index is 0.0311. The van der Waals surface area contributed by atoms with Crippen LogP contribution in [-0.4, -0.2) is 71.4 Å². The Morgan fingerprint density at radius 1 is 1.00 bits per heavy atom. The van der Waals surface area contributed by atoms with Gasteiger partial charge in [-0.1, -0.05) is 27.7 Å². The highest BCUT2D eigenvalue weighted by atomic mass is 19.1. The number of nitrogens with one attached hydrogen (secondary N) is 2. The van der Waals surface area contributed by atoms with E-state index in [0.29, 0.717) is 33.0 Å². The number of likely N-dealkylation sites (N-methyl/N-ethyl adjacent to an activating group) is 1. The lowest BCUT2D eigenvalue weighted by molar-refractivity contribution is -0.119. The molecule has 0 aromatic carbocycles. The number of carbonyl (C=O) groups is 1. The van der Waals surface area contributed by atoms with Crippen molar-refractivity contribution < 1.29 is 23.4 Å². The maximum atomic E-state index is 13.5. The van der Waals surface area contributed by atoms with Gasteiger partial charge in [0.15, 0.2) is 0 Å². The smallest absolute Gasteiger partial charge is 0.216 e. The number of ether oxygens (including phenoxy) is 3. The summed E-state index contributed by atoms with van der Waals surface area (Å²) in [6, 6.07) is 0. The summed E-state index contributed by atoms with van der Waals surface area (Å²) in [6.07, 6.45) is -1.79. The molecule has 0 aliphatic heterocycles. The molecule has 0 aromatic rings. The van der Waals surface area contributed by atoms with Crippen LogP contribution in [-0.2, 0) is 19.0 Å².